The van der Waals surface area contributed by atoms with Gasteiger partial charge < -0.3 is 14.8 Å². The molecule has 3 nitrogen and oxygen atoms in total. The van der Waals surface area contributed by atoms with Gasteiger partial charge in [-0.25, -0.2) is 4.39 Å². The minimum atomic E-state index is -0.166. The minimum Gasteiger partial charge on any atom is -0.496 e. The summed E-state index contributed by atoms with van der Waals surface area (Å²) < 4.78 is 25.2. The van der Waals surface area contributed by atoms with E-state index >= 15 is 0 Å². The highest BCUT2D eigenvalue weighted by Gasteiger charge is 2.43. The van der Waals surface area contributed by atoms with E-state index in [9.17, 15) is 4.39 Å². The molecular formula is C22H29ClFNO2S. The van der Waals surface area contributed by atoms with Crippen LogP contribution in [0.5, 0.6) is 5.75 Å². The van der Waals surface area contributed by atoms with Gasteiger partial charge in [0.05, 0.1) is 24.2 Å². The Hall–Kier alpha value is -1.14. The summed E-state index contributed by atoms with van der Waals surface area (Å²) in [4.78, 5) is 1.22. The Morgan fingerprint density at radius 2 is 1.96 bits per heavy atom. The van der Waals surface area contributed by atoms with Crippen LogP contribution in [0.3, 0.4) is 0 Å². The van der Waals surface area contributed by atoms with E-state index in [4.69, 9.17) is 9.47 Å². The number of hydrogen-bond acceptors (Lipinski definition) is 4. The molecular weight excluding hydrogens is 397 g/mol. The molecule has 154 valence electrons. The topological polar surface area (TPSA) is 30.5 Å². The van der Waals surface area contributed by atoms with Crippen LogP contribution in [0.4, 0.5) is 4.39 Å². The fraction of sp³-hybridized carbons (Fsp3) is 0.545. The lowest BCUT2D eigenvalue weighted by Gasteiger charge is -2.43. The Bertz CT molecular complexity index is 745. The Morgan fingerprint density at radius 1 is 1.21 bits per heavy atom. The van der Waals surface area contributed by atoms with E-state index in [1.807, 2.05) is 18.2 Å². The van der Waals surface area contributed by atoms with E-state index < -0.39 is 0 Å². The highest BCUT2D eigenvalue weighted by Crippen LogP contribution is 2.47. The average molecular weight is 426 g/mol. The van der Waals surface area contributed by atoms with Crippen LogP contribution in [-0.2, 0) is 11.3 Å². The normalized spacial score (nSPS) is 23.5. The number of hydrogen-bond donors (Lipinski definition) is 1. The van der Waals surface area contributed by atoms with Crippen molar-refractivity contribution in [1.29, 1.82) is 0 Å². The molecule has 1 saturated carbocycles. The lowest BCUT2D eigenvalue weighted by Crippen LogP contribution is -2.44. The summed E-state index contributed by atoms with van der Waals surface area (Å²) >= 11 is 1.71. The minimum absolute atomic E-state index is 0. The first-order valence-electron chi connectivity index (χ1n) is 9.90. The van der Waals surface area contributed by atoms with Crippen LogP contribution in [0.2, 0.25) is 0 Å². The van der Waals surface area contributed by atoms with Crippen molar-refractivity contribution in [2.45, 2.75) is 50.2 Å². The molecule has 2 fully saturated rings. The van der Waals surface area contributed by atoms with Crippen molar-refractivity contribution in [3.05, 3.63) is 52.0 Å². The second kappa shape index (κ2) is 9.57. The maximum atomic E-state index is 13.4. The van der Waals surface area contributed by atoms with E-state index in [1.54, 1.807) is 30.6 Å². The molecule has 1 saturated heterocycles. The van der Waals surface area contributed by atoms with Crippen molar-refractivity contribution in [1.82, 2.24) is 5.32 Å². The molecule has 1 spiro atoms. The highest BCUT2D eigenvalue weighted by atomic mass is 35.5. The van der Waals surface area contributed by atoms with Crippen molar-refractivity contribution in [3.8, 4) is 5.75 Å². The molecule has 1 aliphatic carbocycles. The van der Waals surface area contributed by atoms with E-state index in [2.05, 4.69) is 10.7 Å². The number of rotatable bonds is 6. The van der Waals surface area contributed by atoms with Gasteiger partial charge in [-0.05, 0) is 54.3 Å². The highest BCUT2D eigenvalue weighted by molar-refractivity contribution is 7.10. The van der Waals surface area contributed by atoms with Crippen LogP contribution in [0, 0.1) is 11.7 Å². The zero-order chi connectivity index (χ0) is 18.7. The summed E-state index contributed by atoms with van der Waals surface area (Å²) in [6, 6.07) is 9.11. The summed E-state index contributed by atoms with van der Waals surface area (Å²) in [5.74, 6) is 1.59. The third-order valence-electron chi connectivity index (χ3n) is 6.19. The van der Waals surface area contributed by atoms with Crippen molar-refractivity contribution in [2.24, 2.45) is 5.92 Å². The van der Waals surface area contributed by atoms with Gasteiger partial charge in [0, 0.05) is 19.0 Å². The first-order chi connectivity index (χ1) is 13.2. The third kappa shape index (κ3) is 4.70. The molecule has 2 aliphatic rings. The van der Waals surface area contributed by atoms with Crippen molar-refractivity contribution in [3.63, 3.8) is 0 Å². The molecule has 0 radical (unpaired) electrons. The van der Waals surface area contributed by atoms with Gasteiger partial charge >= 0.3 is 0 Å². The largest absolute Gasteiger partial charge is 0.496 e. The van der Waals surface area contributed by atoms with Gasteiger partial charge in [-0.1, -0.05) is 25.0 Å². The molecule has 1 aromatic carbocycles. The van der Waals surface area contributed by atoms with Gasteiger partial charge in [0.15, 0.2) is 0 Å². The monoisotopic (exact) mass is 425 g/mol. The molecule has 2 unspecified atom stereocenters. The van der Waals surface area contributed by atoms with Gasteiger partial charge in [0.1, 0.15) is 11.6 Å². The summed E-state index contributed by atoms with van der Waals surface area (Å²) in [6.45, 7) is 2.47. The van der Waals surface area contributed by atoms with Crippen molar-refractivity contribution in [2.75, 3.05) is 20.3 Å². The third-order valence-corrected chi connectivity index (χ3v) is 7.10. The van der Waals surface area contributed by atoms with Gasteiger partial charge in [0.2, 0.25) is 0 Å². The van der Waals surface area contributed by atoms with Gasteiger partial charge in [-0.3, -0.25) is 0 Å². The number of thiophene rings is 1. The van der Waals surface area contributed by atoms with Gasteiger partial charge in [-0.2, -0.15) is 0 Å². The van der Waals surface area contributed by atoms with Gasteiger partial charge in [0.25, 0.3) is 0 Å². The molecule has 2 heterocycles. The van der Waals surface area contributed by atoms with E-state index in [0.29, 0.717) is 11.8 Å². The molecule has 6 heteroatoms. The summed E-state index contributed by atoms with van der Waals surface area (Å²) in [5, 5.41) is 5.66. The quantitative estimate of drug-likeness (QED) is 0.659. The van der Waals surface area contributed by atoms with Crippen LogP contribution >= 0.6 is 23.7 Å². The predicted octanol–water partition coefficient (Wildman–Crippen LogP) is 5.54. The standard InChI is InChI=1S/C22H28FNO2S.ClH/c1-25-20-8-11-27-21(20)14-24-13-17-15-26-22(9-2-3-10-22)12-19(17)16-4-6-18(23)7-5-16;/h4-8,11,17,19,24H,2-3,9-10,12-15H2,1H3;1H. The molecule has 1 aliphatic heterocycles. The van der Waals surface area contributed by atoms with Crippen LogP contribution < -0.4 is 10.1 Å². The fourth-order valence-corrected chi connectivity index (χ4v) is 5.51. The predicted molar refractivity (Wildman–Crippen MR) is 114 cm³/mol. The molecule has 2 atom stereocenters. The Balaban J connectivity index is 0.00000225. The molecule has 0 amide bonds. The summed E-state index contributed by atoms with van der Waals surface area (Å²) in [7, 11) is 1.71. The second-order valence-electron chi connectivity index (χ2n) is 7.87. The first kappa shape index (κ1) is 21.6. The molecule has 2 aromatic rings. The maximum Gasteiger partial charge on any atom is 0.134 e. The van der Waals surface area contributed by atoms with Crippen LogP contribution in [0.25, 0.3) is 0 Å². The Kier molecular flexibility index (Phi) is 7.37. The van der Waals surface area contributed by atoms with E-state index in [0.717, 1.165) is 44.7 Å². The van der Waals surface area contributed by atoms with E-state index in [-0.39, 0.29) is 23.8 Å². The van der Waals surface area contributed by atoms with Crippen LogP contribution in [-0.4, -0.2) is 25.9 Å². The van der Waals surface area contributed by atoms with Gasteiger partial charge in [-0.15, -0.1) is 23.7 Å². The Labute approximate surface area is 177 Å². The fourth-order valence-electron chi connectivity index (χ4n) is 4.71. The molecule has 1 N–H and O–H groups in total. The molecule has 0 bridgehead atoms. The molecule has 4 rings (SSSR count). The number of nitrogens with one attached hydrogen (secondary N) is 1. The SMILES string of the molecule is COc1ccsc1CNCC1COC2(CCCC2)CC1c1ccc(F)cc1.Cl. The maximum absolute atomic E-state index is 13.4. The average Bonchev–Trinajstić information content (AvgIpc) is 3.33. The van der Waals surface area contributed by atoms with Crippen molar-refractivity contribution >= 4 is 23.7 Å². The number of halogens is 2. The zero-order valence-corrected chi connectivity index (χ0v) is 17.9. The zero-order valence-electron chi connectivity index (χ0n) is 16.3. The number of benzene rings is 1. The van der Waals surface area contributed by atoms with Crippen LogP contribution in [0.1, 0.15) is 48.5 Å². The first-order valence-corrected chi connectivity index (χ1v) is 10.8. The smallest absolute Gasteiger partial charge is 0.134 e. The number of ether oxygens (including phenoxy) is 2. The lowest BCUT2D eigenvalue weighted by atomic mass is 9.75. The van der Waals surface area contributed by atoms with Crippen molar-refractivity contribution < 1.29 is 13.9 Å². The van der Waals surface area contributed by atoms with Crippen LogP contribution in [0.15, 0.2) is 35.7 Å². The lowest BCUT2D eigenvalue weighted by molar-refractivity contribution is -0.105. The Morgan fingerprint density at radius 3 is 2.68 bits per heavy atom. The summed E-state index contributed by atoms with van der Waals surface area (Å²) in [6.07, 6.45) is 5.90. The van der Waals surface area contributed by atoms with E-state index in [1.165, 1.54) is 23.3 Å². The second-order valence-corrected chi connectivity index (χ2v) is 8.87. The molecule has 1 aromatic heterocycles. The number of methoxy groups -OCH3 is 1. The molecule has 28 heavy (non-hydrogen) atoms. The summed E-state index contributed by atoms with van der Waals surface area (Å²) in [5.41, 5.74) is 1.29.